The van der Waals surface area contributed by atoms with Crippen molar-refractivity contribution in [3.8, 4) is 0 Å². The zero-order chi connectivity index (χ0) is 28.7. The molecule has 0 heterocycles. The van der Waals surface area contributed by atoms with Gasteiger partial charge in [0, 0.05) is 35.6 Å². The molecule has 0 spiro atoms. The summed E-state index contributed by atoms with van der Waals surface area (Å²) in [5.74, 6) is -0.450. The number of sulfonamides is 1. The van der Waals surface area contributed by atoms with Crippen LogP contribution in [0.2, 0.25) is 10.0 Å². The van der Waals surface area contributed by atoms with Crippen molar-refractivity contribution in [3.05, 3.63) is 63.1 Å². The van der Waals surface area contributed by atoms with Crippen molar-refractivity contribution >= 4 is 50.7 Å². The molecular formula is C29H39Cl2N3O4S. The van der Waals surface area contributed by atoms with Crippen LogP contribution in [-0.2, 0) is 26.2 Å². The van der Waals surface area contributed by atoms with Crippen LogP contribution in [0.3, 0.4) is 0 Å². The van der Waals surface area contributed by atoms with Crippen LogP contribution < -0.4 is 9.62 Å². The SMILES string of the molecule is Cc1cc(C)cc(N(CCCC(=O)N(Cc2ccc(Cl)cc2Cl)[C@@H](C)C(=O)NC2CCCCC2)S(C)(=O)=O)c1. The maximum Gasteiger partial charge on any atom is 0.242 e. The van der Waals surface area contributed by atoms with Crippen LogP contribution >= 0.6 is 23.2 Å². The van der Waals surface area contributed by atoms with Gasteiger partial charge in [0.05, 0.1) is 11.9 Å². The fourth-order valence-corrected chi connectivity index (χ4v) is 6.50. The molecule has 1 saturated carbocycles. The van der Waals surface area contributed by atoms with Crippen molar-refractivity contribution in [1.82, 2.24) is 10.2 Å². The van der Waals surface area contributed by atoms with Crippen molar-refractivity contribution in [1.29, 1.82) is 0 Å². The first-order valence-corrected chi connectivity index (χ1v) is 16.1. The van der Waals surface area contributed by atoms with Crippen LogP contribution in [0.5, 0.6) is 0 Å². The van der Waals surface area contributed by atoms with Gasteiger partial charge in [-0.05, 0) is 81.0 Å². The summed E-state index contributed by atoms with van der Waals surface area (Å²) >= 11 is 12.5. The van der Waals surface area contributed by atoms with Crippen LogP contribution in [0.4, 0.5) is 5.69 Å². The lowest BCUT2D eigenvalue weighted by Gasteiger charge is -2.32. The smallest absolute Gasteiger partial charge is 0.242 e. The summed E-state index contributed by atoms with van der Waals surface area (Å²) in [6.45, 7) is 5.84. The molecular weight excluding hydrogens is 557 g/mol. The Morgan fingerprint density at radius 1 is 1.03 bits per heavy atom. The molecule has 0 aromatic heterocycles. The van der Waals surface area contributed by atoms with E-state index in [4.69, 9.17) is 23.2 Å². The van der Waals surface area contributed by atoms with E-state index in [1.165, 1.54) is 21.9 Å². The summed E-state index contributed by atoms with van der Waals surface area (Å²) in [5.41, 5.74) is 3.17. The van der Waals surface area contributed by atoms with Crippen molar-refractivity contribution in [2.75, 3.05) is 17.1 Å². The Bertz CT molecular complexity index is 1260. The monoisotopic (exact) mass is 595 g/mol. The van der Waals surface area contributed by atoms with E-state index < -0.39 is 16.1 Å². The molecule has 39 heavy (non-hydrogen) atoms. The molecule has 1 atom stereocenters. The minimum atomic E-state index is -3.56. The Morgan fingerprint density at radius 3 is 2.26 bits per heavy atom. The van der Waals surface area contributed by atoms with E-state index in [0.717, 1.165) is 36.8 Å². The van der Waals surface area contributed by atoms with Gasteiger partial charge in [0.1, 0.15) is 6.04 Å². The number of hydrogen-bond donors (Lipinski definition) is 1. The Kier molecular flexibility index (Phi) is 11.1. The van der Waals surface area contributed by atoms with Crippen molar-refractivity contribution < 1.29 is 18.0 Å². The lowest BCUT2D eigenvalue weighted by molar-refractivity contribution is -0.141. The summed E-state index contributed by atoms with van der Waals surface area (Å²) in [6, 6.07) is 10.1. The van der Waals surface area contributed by atoms with E-state index in [-0.39, 0.29) is 37.4 Å². The molecule has 0 saturated heterocycles. The van der Waals surface area contributed by atoms with Gasteiger partial charge in [-0.3, -0.25) is 13.9 Å². The molecule has 1 fully saturated rings. The van der Waals surface area contributed by atoms with Gasteiger partial charge in [-0.1, -0.05) is 54.6 Å². The van der Waals surface area contributed by atoms with Gasteiger partial charge in [-0.2, -0.15) is 0 Å². The number of aryl methyl sites for hydroxylation is 2. The fourth-order valence-electron chi connectivity index (χ4n) is 5.08. The third-order valence-electron chi connectivity index (χ3n) is 7.12. The number of carbonyl (C=O) groups is 2. The van der Waals surface area contributed by atoms with Gasteiger partial charge in [0.15, 0.2) is 0 Å². The highest BCUT2D eigenvalue weighted by molar-refractivity contribution is 7.92. The number of halogens is 2. The summed E-state index contributed by atoms with van der Waals surface area (Å²) < 4.78 is 26.6. The summed E-state index contributed by atoms with van der Waals surface area (Å²) in [6.07, 6.45) is 6.75. The van der Waals surface area contributed by atoms with Crippen LogP contribution in [0.15, 0.2) is 36.4 Å². The second-order valence-electron chi connectivity index (χ2n) is 10.6. The predicted molar refractivity (Wildman–Crippen MR) is 159 cm³/mol. The highest BCUT2D eigenvalue weighted by Crippen LogP contribution is 2.25. The summed E-state index contributed by atoms with van der Waals surface area (Å²) in [7, 11) is -3.56. The second-order valence-corrected chi connectivity index (χ2v) is 13.3. The predicted octanol–water partition coefficient (Wildman–Crippen LogP) is 6.02. The molecule has 214 valence electrons. The van der Waals surface area contributed by atoms with Crippen molar-refractivity contribution in [3.63, 3.8) is 0 Å². The van der Waals surface area contributed by atoms with E-state index in [0.29, 0.717) is 27.7 Å². The lowest BCUT2D eigenvalue weighted by Crippen LogP contribution is -2.50. The highest BCUT2D eigenvalue weighted by atomic mass is 35.5. The van der Waals surface area contributed by atoms with E-state index in [9.17, 15) is 18.0 Å². The summed E-state index contributed by atoms with van der Waals surface area (Å²) in [4.78, 5) is 28.3. The van der Waals surface area contributed by atoms with Gasteiger partial charge >= 0.3 is 0 Å². The topological polar surface area (TPSA) is 86.8 Å². The Balaban J connectivity index is 1.76. The van der Waals surface area contributed by atoms with Gasteiger partial charge < -0.3 is 10.2 Å². The van der Waals surface area contributed by atoms with Crippen LogP contribution in [0.25, 0.3) is 0 Å². The summed E-state index contributed by atoms with van der Waals surface area (Å²) in [5, 5.41) is 4.01. The molecule has 2 aromatic carbocycles. The first kappa shape index (κ1) is 31.2. The zero-order valence-corrected chi connectivity index (χ0v) is 25.5. The normalized spacial score (nSPS) is 15.0. The molecule has 0 bridgehead atoms. The first-order valence-electron chi connectivity index (χ1n) is 13.4. The molecule has 0 radical (unpaired) electrons. The number of nitrogens with zero attached hydrogens (tertiary/aromatic N) is 2. The molecule has 10 heteroatoms. The third-order valence-corrected chi connectivity index (χ3v) is 8.90. The van der Waals surface area contributed by atoms with Gasteiger partial charge in [0.25, 0.3) is 0 Å². The molecule has 1 aliphatic rings. The number of anilines is 1. The fraction of sp³-hybridized carbons (Fsp3) is 0.517. The third kappa shape index (κ3) is 9.12. The highest BCUT2D eigenvalue weighted by Gasteiger charge is 2.29. The van der Waals surface area contributed by atoms with Crippen LogP contribution in [0, 0.1) is 13.8 Å². The number of carbonyl (C=O) groups excluding carboxylic acids is 2. The molecule has 7 nitrogen and oxygen atoms in total. The molecule has 1 N–H and O–H groups in total. The van der Waals surface area contributed by atoms with Crippen molar-refractivity contribution in [2.45, 2.75) is 84.3 Å². The maximum absolute atomic E-state index is 13.5. The quantitative estimate of drug-likeness (QED) is 0.344. The number of benzene rings is 2. The zero-order valence-electron chi connectivity index (χ0n) is 23.2. The number of hydrogen-bond acceptors (Lipinski definition) is 4. The standard InChI is InChI=1S/C29H39Cl2N3O4S/c1-20-15-21(2)17-26(16-20)34(39(4,37)38)14-8-11-28(35)33(19-23-12-13-24(30)18-27(23)31)22(3)29(36)32-25-9-6-5-7-10-25/h12-13,15-18,22,25H,5-11,14,19H2,1-4H3,(H,32,36)/t22-/m0/s1. The minimum Gasteiger partial charge on any atom is -0.352 e. The van der Waals surface area contributed by atoms with Gasteiger partial charge in [-0.15, -0.1) is 0 Å². The molecule has 2 aromatic rings. The molecule has 2 amide bonds. The average molecular weight is 597 g/mol. The van der Waals surface area contributed by atoms with Gasteiger partial charge in [-0.25, -0.2) is 8.42 Å². The number of amides is 2. The Hall–Kier alpha value is -2.29. The lowest BCUT2D eigenvalue weighted by atomic mass is 9.95. The molecule has 0 unspecified atom stereocenters. The van der Waals surface area contributed by atoms with E-state index in [2.05, 4.69) is 5.32 Å². The average Bonchev–Trinajstić information content (AvgIpc) is 2.85. The number of rotatable bonds is 11. The molecule has 1 aliphatic carbocycles. The number of nitrogens with one attached hydrogen (secondary N) is 1. The van der Waals surface area contributed by atoms with E-state index in [1.807, 2.05) is 32.0 Å². The van der Waals surface area contributed by atoms with Gasteiger partial charge in [0.2, 0.25) is 21.8 Å². The van der Waals surface area contributed by atoms with Crippen LogP contribution in [0.1, 0.15) is 68.6 Å². The molecule has 0 aliphatic heterocycles. The first-order chi connectivity index (χ1) is 18.3. The maximum atomic E-state index is 13.5. The Labute approximate surface area is 242 Å². The second kappa shape index (κ2) is 13.9. The van der Waals surface area contributed by atoms with Crippen LogP contribution in [-0.4, -0.2) is 50.0 Å². The largest absolute Gasteiger partial charge is 0.352 e. The van der Waals surface area contributed by atoms with E-state index >= 15 is 0 Å². The van der Waals surface area contributed by atoms with E-state index in [1.54, 1.807) is 25.1 Å². The molecule has 3 rings (SSSR count). The minimum absolute atomic E-state index is 0.0725. The Morgan fingerprint density at radius 2 is 1.67 bits per heavy atom. The van der Waals surface area contributed by atoms with Crippen molar-refractivity contribution in [2.24, 2.45) is 0 Å².